The second kappa shape index (κ2) is 3.48. The van der Waals surface area contributed by atoms with E-state index in [-0.39, 0.29) is 11.4 Å². The molecule has 0 aromatic heterocycles. The number of piperidine rings is 1. The molecule has 3 nitrogen and oxygen atoms in total. The Kier molecular flexibility index (Phi) is 2.23. The molecule has 0 aromatic rings. The summed E-state index contributed by atoms with van der Waals surface area (Å²) in [6.07, 6.45) is 7.42. The van der Waals surface area contributed by atoms with Crippen LogP contribution in [0.15, 0.2) is 0 Å². The van der Waals surface area contributed by atoms with E-state index in [1.807, 2.05) is 0 Å². The molecule has 2 saturated heterocycles. The van der Waals surface area contributed by atoms with Gasteiger partial charge in [0.25, 0.3) is 0 Å². The lowest BCUT2D eigenvalue weighted by atomic mass is 9.85. The van der Waals surface area contributed by atoms with Gasteiger partial charge in [0, 0.05) is 25.0 Å². The van der Waals surface area contributed by atoms with Crippen LogP contribution in [-0.4, -0.2) is 36.0 Å². The summed E-state index contributed by atoms with van der Waals surface area (Å²) in [5.74, 6) is 1.20. The van der Waals surface area contributed by atoms with Gasteiger partial charge < -0.3 is 5.32 Å². The maximum Gasteiger partial charge on any atom is 0.221 e. The smallest absolute Gasteiger partial charge is 0.221 e. The average molecular weight is 208 g/mol. The minimum absolute atomic E-state index is 0.206. The van der Waals surface area contributed by atoms with Gasteiger partial charge in [-0.2, -0.15) is 0 Å². The molecule has 3 aliphatic rings. The van der Waals surface area contributed by atoms with Gasteiger partial charge in [0.15, 0.2) is 0 Å². The van der Waals surface area contributed by atoms with E-state index in [1.54, 1.807) is 0 Å². The predicted octanol–water partition coefficient (Wildman–Crippen LogP) is 1.14. The van der Waals surface area contributed by atoms with Crippen molar-refractivity contribution in [2.45, 2.75) is 44.1 Å². The van der Waals surface area contributed by atoms with E-state index >= 15 is 0 Å². The summed E-state index contributed by atoms with van der Waals surface area (Å²) in [7, 11) is 0. The highest BCUT2D eigenvalue weighted by molar-refractivity contribution is 5.80. The fourth-order valence-electron chi connectivity index (χ4n) is 3.14. The molecule has 1 aliphatic carbocycles. The molecule has 1 amide bonds. The van der Waals surface area contributed by atoms with Crippen molar-refractivity contribution in [1.29, 1.82) is 0 Å². The van der Waals surface area contributed by atoms with Gasteiger partial charge in [0.2, 0.25) is 5.91 Å². The molecule has 0 bridgehead atoms. The first kappa shape index (κ1) is 9.64. The van der Waals surface area contributed by atoms with Gasteiger partial charge in [0.05, 0.1) is 0 Å². The molecule has 3 fully saturated rings. The molecular formula is C12H20N2O. The lowest BCUT2D eigenvalue weighted by Crippen LogP contribution is -2.53. The third kappa shape index (κ3) is 1.78. The van der Waals surface area contributed by atoms with Crippen molar-refractivity contribution in [2.75, 3.05) is 19.6 Å². The molecule has 3 heteroatoms. The Labute approximate surface area is 91.2 Å². The third-order valence-electron chi connectivity index (χ3n) is 4.27. The Bertz CT molecular complexity index is 275. The van der Waals surface area contributed by atoms with Crippen molar-refractivity contribution in [3.8, 4) is 0 Å². The summed E-state index contributed by atoms with van der Waals surface area (Å²) >= 11 is 0. The summed E-state index contributed by atoms with van der Waals surface area (Å²) in [5, 5.41) is 3.02. The molecule has 0 unspecified atom stereocenters. The highest BCUT2D eigenvalue weighted by Gasteiger charge is 2.45. The zero-order chi connectivity index (χ0) is 10.3. The van der Waals surface area contributed by atoms with E-state index in [2.05, 4.69) is 10.2 Å². The van der Waals surface area contributed by atoms with Gasteiger partial charge in [0.1, 0.15) is 0 Å². The normalized spacial score (nSPS) is 37.2. The van der Waals surface area contributed by atoms with Crippen LogP contribution in [0.5, 0.6) is 0 Å². The first-order valence-corrected chi connectivity index (χ1v) is 6.30. The molecule has 0 radical (unpaired) electrons. The highest BCUT2D eigenvalue weighted by Crippen LogP contribution is 2.38. The van der Waals surface area contributed by atoms with E-state index in [9.17, 15) is 4.79 Å². The maximum absolute atomic E-state index is 11.4. The van der Waals surface area contributed by atoms with Crippen LogP contribution in [-0.2, 0) is 4.79 Å². The molecular weight excluding hydrogens is 188 g/mol. The van der Waals surface area contributed by atoms with Crippen LogP contribution in [0, 0.1) is 5.92 Å². The average Bonchev–Trinajstić information content (AvgIpc) is 2.96. The molecule has 3 rings (SSSR count). The van der Waals surface area contributed by atoms with Gasteiger partial charge >= 0.3 is 0 Å². The first-order chi connectivity index (χ1) is 7.28. The number of nitrogens with one attached hydrogen (secondary N) is 1. The number of likely N-dealkylation sites (tertiary alicyclic amines) is 1. The Morgan fingerprint density at radius 1 is 1.40 bits per heavy atom. The molecule has 1 spiro atoms. The minimum Gasteiger partial charge on any atom is -0.354 e. The number of nitrogens with zero attached hydrogens (tertiary/aromatic N) is 1. The molecule has 0 aromatic carbocycles. The fourth-order valence-corrected chi connectivity index (χ4v) is 3.14. The van der Waals surface area contributed by atoms with E-state index in [4.69, 9.17) is 0 Å². The summed E-state index contributed by atoms with van der Waals surface area (Å²) in [4.78, 5) is 14.0. The van der Waals surface area contributed by atoms with Gasteiger partial charge in [-0.05, 0) is 38.1 Å². The Hall–Kier alpha value is -0.570. The Balaban J connectivity index is 1.73. The summed E-state index contributed by atoms with van der Waals surface area (Å²) in [5.41, 5.74) is 0.206. The molecule has 84 valence electrons. The van der Waals surface area contributed by atoms with Crippen LogP contribution in [0.3, 0.4) is 0 Å². The van der Waals surface area contributed by atoms with Crippen LogP contribution in [0.2, 0.25) is 0 Å². The van der Waals surface area contributed by atoms with E-state index in [1.165, 1.54) is 45.2 Å². The summed E-state index contributed by atoms with van der Waals surface area (Å²) in [6.45, 7) is 3.36. The van der Waals surface area contributed by atoms with E-state index < -0.39 is 0 Å². The van der Waals surface area contributed by atoms with Crippen LogP contribution >= 0.6 is 0 Å². The quantitative estimate of drug-likeness (QED) is 0.738. The van der Waals surface area contributed by atoms with Crippen molar-refractivity contribution >= 4 is 5.91 Å². The Morgan fingerprint density at radius 3 is 2.93 bits per heavy atom. The number of carbonyl (C=O) groups is 1. The first-order valence-electron chi connectivity index (χ1n) is 6.30. The van der Waals surface area contributed by atoms with Crippen molar-refractivity contribution in [3.05, 3.63) is 0 Å². The van der Waals surface area contributed by atoms with Gasteiger partial charge in [-0.1, -0.05) is 6.42 Å². The SMILES string of the molecule is O=C1C[C@@]2(CCCCN2CC2CC2)CN1. The third-order valence-corrected chi connectivity index (χ3v) is 4.27. The number of hydrogen-bond donors (Lipinski definition) is 1. The zero-order valence-corrected chi connectivity index (χ0v) is 9.30. The van der Waals surface area contributed by atoms with E-state index in [0.717, 1.165) is 18.9 Å². The number of rotatable bonds is 2. The largest absolute Gasteiger partial charge is 0.354 e. The fraction of sp³-hybridized carbons (Fsp3) is 0.917. The molecule has 1 saturated carbocycles. The van der Waals surface area contributed by atoms with Crippen molar-refractivity contribution in [2.24, 2.45) is 5.92 Å². The second-order valence-corrected chi connectivity index (χ2v) is 5.52. The van der Waals surface area contributed by atoms with Gasteiger partial charge in [-0.15, -0.1) is 0 Å². The number of carbonyl (C=O) groups excluding carboxylic acids is 1. The van der Waals surface area contributed by atoms with Gasteiger partial charge in [-0.25, -0.2) is 0 Å². The molecule has 1 atom stereocenters. The molecule has 1 N–H and O–H groups in total. The Morgan fingerprint density at radius 2 is 2.27 bits per heavy atom. The molecule has 2 aliphatic heterocycles. The minimum atomic E-state index is 0.206. The zero-order valence-electron chi connectivity index (χ0n) is 9.30. The van der Waals surface area contributed by atoms with Crippen LogP contribution in [0.4, 0.5) is 0 Å². The second-order valence-electron chi connectivity index (χ2n) is 5.52. The standard InChI is InChI=1S/C12H20N2O/c15-11-7-12(9-13-11)5-1-2-6-14(12)8-10-3-4-10/h10H,1-9H2,(H,13,15)/t12-/m0/s1. The van der Waals surface area contributed by atoms with Gasteiger partial charge in [-0.3, -0.25) is 9.69 Å². The maximum atomic E-state index is 11.4. The van der Waals surface area contributed by atoms with E-state index in [0.29, 0.717) is 0 Å². The highest BCUT2D eigenvalue weighted by atomic mass is 16.2. The predicted molar refractivity (Wildman–Crippen MR) is 58.5 cm³/mol. The van der Waals surface area contributed by atoms with Crippen molar-refractivity contribution in [3.63, 3.8) is 0 Å². The van der Waals surface area contributed by atoms with Crippen LogP contribution in [0.1, 0.15) is 38.5 Å². The summed E-state index contributed by atoms with van der Waals surface area (Å²) in [6, 6.07) is 0. The summed E-state index contributed by atoms with van der Waals surface area (Å²) < 4.78 is 0. The van der Waals surface area contributed by atoms with Crippen LogP contribution < -0.4 is 5.32 Å². The molecule has 2 heterocycles. The number of amides is 1. The molecule has 15 heavy (non-hydrogen) atoms. The lowest BCUT2D eigenvalue weighted by Gasteiger charge is -2.44. The number of hydrogen-bond acceptors (Lipinski definition) is 2. The monoisotopic (exact) mass is 208 g/mol. The van der Waals surface area contributed by atoms with Crippen LogP contribution in [0.25, 0.3) is 0 Å². The lowest BCUT2D eigenvalue weighted by molar-refractivity contribution is -0.120. The van der Waals surface area contributed by atoms with Crippen molar-refractivity contribution < 1.29 is 4.79 Å². The van der Waals surface area contributed by atoms with Crippen molar-refractivity contribution in [1.82, 2.24) is 10.2 Å². The topological polar surface area (TPSA) is 32.3 Å².